The summed E-state index contributed by atoms with van der Waals surface area (Å²) in [6, 6.07) is 1.18. The van der Waals surface area contributed by atoms with Crippen molar-refractivity contribution in [3.05, 3.63) is 29.1 Å². The Labute approximate surface area is 113 Å². The third kappa shape index (κ3) is 3.02. The number of nitrogens with zero attached hydrogens (tertiary/aromatic N) is 1. The van der Waals surface area contributed by atoms with Gasteiger partial charge in [0.2, 0.25) is 5.82 Å². The van der Waals surface area contributed by atoms with E-state index in [1.807, 2.05) is 6.07 Å². The number of phenols is 1. The lowest BCUT2D eigenvalue weighted by Crippen LogP contribution is -2.43. The van der Waals surface area contributed by atoms with Gasteiger partial charge in [-0.3, -0.25) is 4.79 Å². The van der Waals surface area contributed by atoms with Gasteiger partial charge < -0.3 is 10.4 Å². The molecule has 108 valence electrons. The van der Waals surface area contributed by atoms with Gasteiger partial charge in [-0.15, -0.1) is 0 Å². The van der Waals surface area contributed by atoms with E-state index in [0.717, 1.165) is 0 Å². The van der Waals surface area contributed by atoms with Crippen LogP contribution < -0.4 is 5.32 Å². The van der Waals surface area contributed by atoms with Crippen LogP contribution in [0.25, 0.3) is 0 Å². The van der Waals surface area contributed by atoms with Gasteiger partial charge >= 0.3 is 0 Å². The molecule has 7 heteroatoms. The highest BCUT2D eigenvalue weighted by atomic mass is 19.2. The minimum atomic E-state index is -1.77. The summed E-state index contributed by atoms with van der Waals surface area (Å²) in [5.41, 5.74) is -1.51. The second kappa shape index (κ2) is 5.41. The summed E-state index contributed by atoms with van der Waals surface area (Å²) in [6.07, 6.45) is 0. The predicted molar refractivity (Wildman–Crippen MR) is 64.3 cm³/mol. The van der Waals surface area contributed by atoms with Gasteiger partial charge in [-0.2, -0.15) is 9.65 Å². The van der Waals surface area contributed by atoms with Crippen LogP contribution in [-0.2, 0) is 0 Å². The first-order chi connectivity index (χ1) is 9.09. The zero-order chi connectivity index (χ0) is 15.7. The molecule has 0 aliphatic heterocycles. The van der Waals surface area contributed by atoms with Gasteiger partial charge in [-0.05, 0) is 11.5 Å². The molecule has 0 saturated heterocycles. The maximum atomic E-state index is 13.5. The van der Waals surface area contributed by atoms with Gasteiger partial charge in [0.15, 0.2) is 17.4 Å². The van der Waals surface area contributed by atoms with Crippen molar-refractivity contribution < 1.29 is 23.1 Å². The summed E-state index contributed by atoms with van der Waals surface area (Å²) in [6.45, 7) is 5.00. The molecule has 0 unspecified atom stereocenters. The van der Waals surface area contributed by atoms with Crippen LogP contribution in [-0.4, -0.2) is 17.1 Å². The Balaban J connectivity index is 3.15. The summed E-state index contributed by atoms with van der Waals surface area (Å²) in [5, 5.41) is 20.2. The van der Waals surface area contributed by atoms with Gasteiger partial charge in [0.05, 0.1) is 11.6 Å². The molecule has 1 aromatic rings. The first-order valence-corrected chi connectivity index (χ1v) is 5.66. The Kier molecular flexibility index (Phi) is 4.28. The Bertz CT molecular complexity index is 589. The van der Waals surface area contributed by atoms with Crippen LogP contribution in [0, 0.1) is 34.2 Å². The third-order valence-corrected chi connectivity index (χ3v) is 2.65. The number of nitriles is 1. The molecule has 0 fully saturated rings. The van der Waals surface area contributed by atoms with E-state index >= 15 is 0 Å². The molecule has 0 saturated carbocycles. The molecule has 4 nitrogen and oxygen atoms in total. The minimum absolute atomic E-state index is 0.330. The molecule has 0 heterocycles. The number of aromatic hydroxyl groups is 1. The number of carbonyl (C=O) groups excluding carboxylic acids is 1. The van der Waals surface area contributed by atoms with Crippen molar-refractivity contribution in [2.24, 2.45) is 5.41 Å². The second-order valence-corrected chi connectivity index (χ2v) is 5.28. The monoisotopic (exact) mass is 286 g/mol. The lowest BCUT2D eigenvalue weighted by molar-refractivity contribution is 0.0916. The number of nitrogens with one attached hydrogen (secondary N) is 1. The zero-order valence-electron chi connectivity index (χ0n) is 11.1. The van der Waals surface area contributed by atoms with E-state index in [0.29, 0.717) is 6.07 Å². The summed E-state index contributed by atoms with van der Waals surface area (Å²) >= 11 is 0. The first kappa shape index (κ1) is 15.8. The van der Waals surface area contributed by atoms with E-state index in [2.05, 4.69) is 5.32 Å². The molecule has 1 atom stereocenters. The molecular weight excluding hydrogens is 273 g/mol. The fourth-order valence-corrected chi connectivity index (χ4v) is 1.41. The largest absolute Gasteiger partial charge is 0.503 e. The average molecular weight is 286 g/mol. The van der Waals surface area contributed by atoms with Crippen LogP contribution in [0.3, 0.4) is 0 Å². The average Bonchev–Trinajstić information content (AvgIpc) is 2.35. The summed E-state index contributed by atoms with van der Waals surface area (Å²) in [4.78, 5) is 11.8. The third-order valence-electron chi connectivity index (χ3n) is 2.65. The van der Waals surface area contributed by atoms with Crippen LogP contribution >= 0.6 is 0 Å². The van der Waals surface area contributed by atoms with Crippen molar-refractivity contribution >= 4 is 5.91 Å². The molecule has 1 aromatic carbocycles. The fourth-order valence-electron chi connectivity index (χ4n) is 1.41. The second-order valence-electron chi connectivity index (χ2n) is 5.28. The standard InChI is InChI=1S/C13H13F3N2O2/c1-13(2,3)8(5-17)18-12(20)6-4-7(14)10(16)11(19)9(6)15/h4,8,19H,1-3H3,(H,18,20)/t8-/m1/s1. The zero-order valence-corrected chi connectivity index (χ0v) is 11.1. The number of carbonyl (C=O) groups is 1. The Morgan fingerprint density at radius 3 is 2.35 bits per heavy atom. The molecule has 2 N–H and O–H groups in total. The number of hydrogen-bond acceptors (Lipinski definition) is 3. The quantitative estimate of drug-likeness (QED) is 0.820. The van der Waals surface area contributed by atoms with E-state index in [1.165, 1.54) is 0 Å². The number of rotatable bonds is 2. The maximum absolute atomic E-state index is 13.5. The molecule has 0 aliphatic rings. The maximum Gasteiger partial charge on any atom is 0.255 e. The molecule has 0 aliphatic carbocycles. The van der Waals surface area contributed by atoms with Crippen LogP contribution in [0.2, 0.25) is 0 Å². The molecule has 0 bridgehead atoms. The summed E-state index contributed by atoms with van der Waals surface area (Å²) < 4.78 is 39.5. The van der Waals surface area contributed by atoms with E-state index < -0.39 is 46.1 Å². The van der Waals surface area contributed by atoms with Crippen molar-refractivity contribution in [2.45, 2.75) is 26.8 Å². The van der Waals surface area contributed by atoms with Crippen molar-refractivity contribution in [3.8, 4) is 11.8 Å². The van der Waals surface area contributed by atoms with Crippen molar-refractivity contribution in [1.29, 1.82) is 5.26 Å². The van der Waals surface area contributed by atoms with Crippen LogP contribution in [0.4, 0.5) is 13.2 Å². The van der Waals surface area contributed by atoms with Crippen molar-refractivity contribution in [2.75, 3.05) is 0 Å². The Morgan fingerprint density at radius 2 is 1.90 bits per heavy atom. The number of phenolic OH excluding ortho intramolecular Hbond substituents is 1. The van der Waals surface area contributed by atoms with E-state index in [1.54, 1.807) is 20.8 Å². The normalized spacial score (nSPS) is 12.7. The summed E-state index contributed by atoms with van der Waals surface area (Å²) in [7, 11) is 0. The smallest absolute Gasteiger partial charge is 0.255 e. The molecule has 1 amide bonds. The van der Waals surface area contributed by atoms with Gasteiger partial charge in [-0.1, -0.05) is 20.8 Å². The van der Waals surface area contributed by atoms with Crippen LogP contribution in [0.15, 0.2) is 6.07 Å². The SMILES string of the molecule is CC(C)(C)[C@@H](C#N)NC(=O)c1cc(F)c(F)c(O)c1F. The number of hydrogen-bond donors (Lipinski definition) is 2. The molecule has 0 spiro atoms. The van der Waals surface area contributed by atoms with E-state index in [4.69, 9.17) is 10.4 Å². The Morgan fingerprint density at radius 1 is 1.35 bits per heavy atom. The molecule has 0 radical (unpaired) electrons. The van der Waals surface area contributed by atoms with Gasteiger partial charge in [0.1, 0.15) is 6.04 Å². The van der Waals surface area contributed by atoms with E-state index in [-0.39, 0.29) is 0 Å². The molecule has 1 rings (SSSR count). The molecule has 20 heavy (non-hydrogen) atoms. The highest BCUT2D eigenvalue weighted by Crippen LogP contribution is 2.26. The minimum Gasteiger partial charge on any atom is -0.503 e. The number of amides is 1. The topological polar surface area (TPSA) is 73.1 Å². The predicted octanol–water partition coefficient (Wildman–Crippen LogP) is 2.48. The lowest BCUT2D eigenvalue weighted by Gasteiger charge is -2.25. The first-order valence-electron chi connectivity index (χ1n) is 5.66. The highest BCUT2D eigenvalue weighted by Gasteiger charge is 2.29. The Hall–Kier alpha value is -2.23. The van der Waals surface area contributed by atoms with Crippen molar-refractivity contribution in [1.82, 2.24) is 5.32 Å². The van der Waals surface area contributed by atoms with Crippen LogP contribution in [0.5, 0.6) is 5.75 Å². The molecule has 0 aromatic heterocycles. The van der Waals surface area contributed by atoms with Gasteiger partial charge in [0, 0.05) is 0 Å². The highest BCUT2D eigenvalue weighted by molar-refractivity contribution is 5.95. The van der Waals surface area contributed by atoms with Crippen molar-refractivity contribution in [3.63, 3.8) is 0 Å². The van der Waals surface area contributed by atoms with E-state index in [9.17, 15) is 18.0 Å². The van der Waals surface area contributed by atoms with Crippen LogP contribution in [0.1, 0.15) is 31.1 Å². The van der Waals surface area contributed by atoms with Gasteiger partial charge in [0.25, 0.3) is 5.91 Å². The fraction of sp³-hybridized carbons (Fsp3) is 0.385. The number of benzene rings is 1. The molecular formula is C13H13F3N2O2. The number of halogens is 3. The summed E-state index contributed by atoms with van der Waals surface area (Å²) in [5.74, 6) is -7.59. The lowest BCUT2D eigenvalue weighted by atomic mass is 9.87. The van der Waals surface area contributed by atoms with Gasteiger partial charge in [-0.25, -0.2) is 8.78 Å².